The molecule has 0 amide bonds. The number of nitrogens with one attached hydrogen (secondary N) is 2. The van der Waals surface area contributed by atoms with Crippen molar-refractivity contribution >= 4 is 33.3 Å². The average Bonchev–Trinajstić information content (AvgIpc) is 2.79. The highest BCUT2D eigenvalue weighted by Gasteiger charge is 2.09. The van der Waals surface area contributed by atoms with Gasteiger partial charge in [0.15, 0.2) is 0 Å². The molecule has 0 aromatic carbocycles. The quantitative estimate of drug-likeness (QED) is 0.707. The largest absolute Gasteiger partial charge is 0.369 e. The first-order valence-electron chi connectivity index (χ1n) is 7.50. The summed E-state index contributed by atoms with van der Waals surface area (Å²) in [4.78, 5) is 11.5. The third-order valence-corrected chi connectivity index (χ3v) is 4.12. The maximum absolute atomic E-state index is 4.60. The van der Waals surface area contributed by atoms with Crippen molar-refractivity contribution in [2.24, 2.45) is 0 Å². The fourth-order valence-electron chi connectivity index (χ4n) is 2.17. The van der Waals surface area contributed by atoms with Crippen molar-refractivity contribution in [3.05, 3.63) is 10.9 Å². The van der Waals surface area contributed by atoms with E-state index in [2.05, 4.69) is 47.4 Å². The summed E-state index contributed by atoms with van der Waals surface area (Å²) in [6.45, 7) is 8.23. The minimum atomic E-state index is 0.720. The Morgan fingerprint density at radius 3 is 2.70 bits per heavy atom. The zero-order valence-electron chi connectivity index (χ0n) is 12.6. The van der Waals surface area contributed by atoms with E-state index in [0.29, 0.717) is 0 Å². The van der Waals surface area contributed by atoms with Crippen LogP contribution in [0.1, 0.15) is 44.4 Å². The minimum absolute atomic E-state index is 0.720. The minimum Gasteiger partial charge on any atom is -0.369 e. The van der Waals surface area contributed by atoms with Crippen LogP contribution in [0.3, 0.4) is 0 Å². The van der Waals surface area contributed by atoms with E-state index in [1.807, 2.05) is 0 Å². The molecule has 0 aliphatic carbocycles. The number of aromatic nitrogens is 2. The Bertz CT molecular complexity index is 550. The van der Waals surface area contributed by atoms with Crippen LogP contribution in [-0.4, -0.2) is 23.1 Å². The molecule has 0 spiro atoms. The molecule has 0 aliphatic heterocycles. The molecule has 4 nitrogen and oxygen atoms in total. The molecule has 0 aliphatic rings. The van der Waals surface area contributed by atoms with E-state index in [4.69, 9.17) is 0 Å². The number of aryl methyl sites for hydroxylation is 1. The number of hydrogen-bond donors (Lipinski definition) is 2. The topological polar surface area (TPSA) is 49.8 Å². The molecular formula is C15H24N4S. The normalized spacial score (nSPS) is 10.9. The van der Waals surface area contributed by atoms with Gasteiger partial charge in [-0.2, -0.15) is 4.98 Å². The van der Waals surface area contributed by atoms with E-state index in [9.17, 15) is 0 Å². The van der Waals surface area contributed by atoms with Crippen molar-refractivity contribution in [2.45, 2.75) is 46.5 Å². The molecule has 0 saturated heterocycles. The van der Waals surface area contributed by atoms with Gasteiger partial charge in [0.05, 0.1) is 5.39 Å². The van der Waals surface area contributed by atoms with Gasteiger partial charge in [0, 0.05) is 18.0 Å². The zero-order valence-corrected chi connectivity index (χ0v) is 13.4. The predicted octanol–water partition coefficient (Wildman–Crippen LogP) is 4.42. The third-order valence-electron chi connectivity index (χ3n) is 3.17. The molecule has 5 heteroatoms. The SMILES string of the molecule is CCCCCCNc1nc(NCC)nc2sc(C)cc12. The monoisotopic (exact) mass is 292 g/mol. The lowest BCUT2D eigenvalue weighted by Crippen LogP contribution is -2.07. The summed E-state index contributed by atoms with van der Waals surface area (Å²) in [7, 11) is 0. The molecule has 2 N–H and O–H groups in total. The van der Waals surface area contributed by atoms with Gasteiger partial charge in [0.2, 0.25) is 5.95 Å². The van der Waals surface area contributed by atoms with Crippen molar-refractivity contribution in [1.29, 1.82) is 0 Å². The number of anilines is 2. The molecule has 0 saturated carbocycles. The van der Waals surface area contributed by atoms with Crippen LogP contribution in [0.5, 0.6) is 0 Å². The second kappa shape index (κ2) is 7.43. The number of nitrogens with zero attached hydrogens (tertiary/aromatic N) is 2. The van der Waals surface area contributed by atoms with Crippen LogP contribution in [0.25, 0.3) is 10.2 Å². The highest BCUT2D eigenvalue weighted by Crippen LogP contribution is 2.29. The van der Waals surface area contributed by atoms with Gasteiger partial charge in [0.25, 0.3) is 0 Å². The van der Waals surface area contributed by atoms with E-state index in [-0.39, 0.29) is 0 Å². The summed E-state index contributed by atoms with van der Waals surface area (Å²) in [5.74, 6) is 1.68. The Morgan fingerprint density at radius 1 is 1.10 bits per heavy atom. The van der Waals surface area contributed by atoms with Crippen molar-refractivity contribution in [3.63, 3.8) is 0 Å². The molecule has 2 aromatic rings. The van der Waals surface area contributed by atoms with Crippen LogP contribution in [0.15, 0.2) is 6.07 Å². The maximum Gasteiger partial charge on any atom is 0.226 e. The summed E-state index contributed by atoms with van der Waals surface area (Å²) < 4.78 is 0. The Hall–Kier alpha value is -1.36. The van der Waals surface area contributed by atoms with E-state index < -0.39 is 0 Å². The van der Waals surface area contributed by atoms with Gasteiger partial charge >= 0.3 is 0 Å². The molecule has 0 atom stereocenters. The lowest BCUT2D eigenvalue weighted by Gasteiger charge is -2.09. The molecule has 20 heavy (non-hydrogen) atoms. The molecule has 2 aromatic heterocycles. The molecule has 0 bridgehead atoms. The smallest absolute Gasteiger partial charge is 0.226 e. The third kappa shape index (κ3) is 3.82. The second-order valence-corrected chi connectivity index (χ2v) is 6.22. The molecule has 0 radical (unpaired) electrons. The van der Waals surface area contributed by atoms with Crippen molar-refractivity contribution < 1.29 is 0 Å². The van der Waals surface area contributed by atoms with Crippen molar-refractivity contribution in [2.75, 3.05) is 23.7 Å². The molecule has 0 unspecified atom stereocenters. The van der Waals surface area contributed by atoms with Crippen LogP contribution >= 0.6 is 11.3 Å². The van der Waals surface area contributed by atoms with Crippen LogP contribution in [-0.2, 0) is 0 Å². The first-order chi connectivity index (χ1) is 9.74. The number of fused-ring (bicyclic) bond motifs is 1. The summed E-state index contributed by atoms with van der Waals surface area (Å²) in [5.41, 5.74) is 0. The average molecular weight is 292 g/mol. The number of rotatable bonds is 8. The molecule has 110 valence electrons. The van der Waals surface area contributed by atoms with Crippen LogP contribution in [0.4, 0.5) is 11.8 Å². The van der Waals surface area contributed by atoms with Gasteiger partial charge in [-0.25, -0.2) is 4.98 Å². The molecule has 0 fully saturated rings. The lowest BCUT2D eigenvalue weighted by atomic mass is 10.2. The first-order valence-corrected chi connectivity index (χ1v) is 8.32. The highest BCUT2D eigenvalue weighted by molar-refractivity contribution is 7.18. The predicted molar refractivity (Wildman–Crippen MR) is 88.9 cm³/mol. The van der Waals surface area contributed by atoms with Gasteiger partial charge < -0.3 is 10.6 Å². The maximum atomic E-state index is 4.60. The number of thiophene rings is 1. The molecular weight excluding hydrogens is 268 g/mol. The fourth-order valence-corrected chi connectivity index (χ4v) is 3.05. The van der Waals surface area contributed by atoms with Gasteiger partial charge in [-0.3, -0.25) is 0 Å². The number of hydrogen-bond acceptors (Lipinski definition) is 5. The Kier molecular flexibility index (Phi) is 5.59. The van der Waals surface area contributed by atoms with Gasteiger partial charge in [0.1, 0.15) is 10.6 Å². The van der Waals surface area contributed by atoms with E-state index >= 15 is 0 Å². The Morgan fingerprint density at radius 2 is 1.95 bits per heavy atom. The van der Waals surface area contributed by atoms with E-state index in [1.54, 1.807) is 11.3 Å². The Balaban J connectivity index is 2.12. The summed E-state index contributed by atoms with van der Waals surface area (Å²) in [6, 6.07) is 2.17. The van der Waals surface area contributed by atoms with E-state index in [0.717, 1.165) is 35.1 Å². The molecule has 2 rings (SSSR count). The first kappa shape index (κ1) is 15.0. The number of unbranched alkanes of at least 4 members (excludes halogenated alkanes) is 3. The standard InChI is InChI=1S/C15H24N4S/c1-4-6-7-8-9-17-13-12-10-11(3)20-14(12)19-15(18-13)16-5-2/h10H,4-9H2,1-3H3,(H2,16,17,18,19). The molecule has 2 heterocycles. The second-order valence-electron chi connectivity index (χ2n) is 4.99. The summed E-state index contributed by atoms with van der Waals surface area (Å²) in [6.07, 6.45) is 5.05. The van der Waals surface area contributed by atoms with Gasteiger partial charge in [-0.1, -0.05) is 26.2 Å². The van der Waals surface area contributed by atoms with E-state index in [1.165, 1.54) is 30.6 Å². The zero-order chi connectivity index (χ0) is 14.4. The van der Waals surface area contributed by atoms with Gasteiger partial charge in [-0.15, -0.1) is 11.3 Å². The highest BCUT2D eigenvalue weighted by atomic mass is 32.1. The fraction of sp³-hybridized carbons (Fsp3) is 0.600. The summed E-state index contributed by atoms with van der Waals surface area (Å²) in [5, 5.41) is 7.82. The lowest BCUT2D eigenvalue weighted by molar-refractivity contribution is 0.684. The van der Waals surface area contributed by atoms with Crippen LogP contribution in [0.2, 0.25) is 0 Å². The van der Waals surface area contributed by atoms with Crippen LogP contribution in [0, 0.1) is 6.92 Å². The van der Waals surface area contributed by atoms with Crippen molar-refractivity contribution in [1.82, 2.24) is 9.97 Å². The van der Waals surface area contributed by atoms with Gasteiger partial charge in [-0.05, 0) is 26.3 Å². The summed E-state index contributed by atoms with van der Waals surface area (Å²) >= 11 is 1.72. The Labute approximate surface area is 125 Å². The van der Waals surface area contributed by atoms with Crippen molar-refractivity contribution in [3.8, 4) is 0 Å². The van der Waals surface area contributed by atoms with Crippen LogP contribution < -0.4 is 10.6 Å².